The number of thioether (sulfide) groups is 1. The molecule has 0 unspecified atom stereocenters. The molecule has 0 aliphatic carbocycles. The minimum Gasteiger partial charge on any atom is -0.497 e. The summed E-state index contributed by atoms with van der Waals surface area (Å²) >= 11 is 1.40. The highest BCUT2D eigenvalue weighted by Gasteiger charge is 2.10. The quantitative estimate of drug-likeness (QED) is 0.398. The summed E-state index contributed by atoms with van der Waals surface area (Å²) < 4.78 is 21.4. The molecule has 0 atom stereocenters. The molecule has 0 bridgehead atoms. The summed E-state index contributed by atoms with van der Waals surface area (Å²) in [6.45, 7) is 0.447. The Morgan fingerprint density at radius 2 is 1.72 bits per heavy atom. The minimum atomic E-state index is -0.300. The van der Waals surface area contributed by atoms with Gasteiger partial charge in [0.2, 0.25) is 0 Å². The molecule has 0 radical (unpaired) electrons. The molecule has 146 valence electrons. The third-order valence-electron chi connectivity index (χ3n) is 4.78. The first-order chi connectivity index (χ1) is 14.1. The van der Waals surface area contributed by atoms with Gasteiger partial charge in [-0.25, -0.2) is 4.39 Å². The lowest BCUT2D eigenvalue weighted by molar-refractivity contribution is 0.414. The topological polar surface area (TPSA) is 31.2 Å². The van der Waals surface area contributed by atoms with Crippen molar-refractivity contribution in [3.8, 4) is 5.75 Å². The Labute approximate surface area is 172 Å². The van der Waals surface area contributed by atoms with Crippen LogP contribution in [0.5, 0.6) is 5.75 Å². The number of nitrogens with zero attached hydrogens (tertiary/aromatic N) is 1. The Kier molecular flexibility index (Phi) is 5.67. The number of hydrogen-bond acceptors (Lipinski definition) is 3. The van der Waals surface area contributed by atoms with Gasteiger partial charge in [-0.2, -0.15) is 0 Å². The molecule has 0 saturated carbocycles. The molecule has 0 fully saturated rings. The molecule has 3 nitrogen and oxygen atoms in total. The van der Waals surface area contributed by atoms with Crippen molar-refractivity contribution in [1.29, 1.82) is 0 Å². The number of rotatable bonds is 6. The highest BCUT2D eigenvalue weighted by Crippen LogP contribution is 2.28. The summed E-state index contributed by atoms with van der Waals surface area (Å²) in [6, 6.07) is 22.4. The molecule has 3 aromatic carbocycles. The fourth-order valence-corrected chi connectivity index (χ4v) is 4.10. The number of pyridine rings is 1. The van der Waals surface area contributed by atoms with Crippen LogP contribution in [0.4, 0.5) is 4.39 Å². The van der Waals surface area contributed by atoms with Gasteiger partial charge in [-0.15, -0.1) is 11.8 Å². The lowest BCUT2D eigenvalue weighted by atomic mass is 10.1. The number of ether oxygens (including phenoxy) is 1. The van der Waals surface area contributed by atoms with Crippen molar-refractivity contribution in [2.45, 2.75) is 17.2 Å². The van der Waals surface area contributed by atoms with E-state index in [0.717, 1.165) is 16.9 Å². The fraction of sp³-hybridized carbons (Fsp3) is 0.125. The number of aromatic nitrogens is 1. The van der Waals surface area contributed by atoms with E-state index in [4.69, 9.17) is 4.74 Å². The van der Waals surface area contributed by atoms with Crippen LogP contribution in [0.2, 0.25) is 0 Å². The smallest absolute Gasteiger partial charge is 0.258 e. The Morgan fingerprint density at radius 1 is 0.966 bits per heavy atom. The zero-order chi connectivity index (χ0) is 20.2. The average Bonchev–Trinajstić information content (AvgIpc) is 2.76. The molecule has 0 aliphatic heterocycles. The van der Waals surface area contributed by atoms with E-state index in [-0.39, 0.29) is 11.4 Å². The SMILES string of the molecule is COc1ccc(Cn2ccc3cc(F)c(SCc4ccccc4)cc3c2=O)cc1. The molecule has 29 heavy (non-hydrogen) atoms. The Bertz CT molecular complexity index is 1190. The highest BCUT2D eigenvalue weighted by molar-refractivity contribution is 7.98. The first-order valence-corrected chi connectivity index (χ1v) is 10.2. The van der Waals surface area contributed by atoms with Crippen molar-refractivity contribution in [3.05, 3.63) is 106 Å². The van der Waals surface area contributed by atoms with Crippen LogP contribution in [0.3, 0.4) is 0 Å². The van der Waals surface area contributed by atoms with Gasteiger partial charge in [0.05, 0.1) is 13.7 Å². The molecule has 0 aliphatic rings. The van der Waals surface area contributed by atoms with E-state index in [1.807, 2.05) is 54.6 Å². The third kappa shape index (κ3) is 4.35. The van der Waals surface area contributed by atoms with Crippen LogP contribution in [0.1, 0.15) is 11.1 Å². The molecule has 0 spiro atoms. The van der Waals surface area contributed by atoms with Gasteiger partial charge in [0.15, 0.2) is 0 Å². The van der Waals surface area contributed by atoms with Crippen molar-refractivity contribution >= 4 is 22.5 Å². The lowest BCUT2D eigenvalue weighted by Crippen LogP contribution is -2.20. The van der Waals surface area contributed by atoms with Crippen LogP contribution in [-0.4, -0.2) is 11.7 Å². The van der Waals surface area contributed by atoms with Crippen molar-refractivity contribution in [2.75, 3.05) is 7.11 Å². The number of fused-ring (bicyclic) bond motifs is 1. The molecule has 4 aromatic rings. The van der Waals surface area contributed by atoms with E-state index in [1.165, 1.54) is 17.8 Å². The van der Waals surface area contributed by atoms with Crippen molar-refractivity contribution in [3.63, 3.8) is 0 Å². The highest BCUT2D eigenvalue weighted by atomic mass is 32.2. The second kappa shape index (κ2) is 8.53. The Hall–Kier alpha value is -3.05. The molecule has 1 aromatic heterocycles. The van der Waals surface area contributed by atoms with Crippen LogP contribution < -0.4 is 10.3 Å². The van der Waals surface area contributed by atoms with Crippen LogP contribution in [-0.2, 0) is 12.3 Å². The van der Waals surface area contributed by atoms with Crippen LogP contribution in [0.15, 0.2) is 88.7 Å². The summed E-state index contributed by atoms with van der Waals surface area (Å²) in [5, 5.41) is 1.14. The summed E-state index contributed by atoms with van der Waals surface area (Å²) in [5.74, 6) is 1.12. The van der Waals surface area contributed by atoms with Gasteiger partial charge in [0.1, 0.15) is 11.6 Å². The third-order valence-corrected chi connectivity index (χ3v) is 5.88. The molecular formula is C24H20FNO2S. The van der Waals surface area contributed by atoms with E-state index in [1.54, 1.807) is 30.0 Å². The summed E-state index contributed by atoms with van der Waals surface area (Å²) in [4.78, 5) is 13.5. The molecule has 0 saturated heterocycles. The van der Waals surface area contributed by atoms with Crippen molar-refractivity contribution in [2.24, 2.45) is 0 Å². The predicted molar refractivity (Wildman–Crippen MR) is 116 cm³/mol. The van der Waals surface area contributed by atoms with Crippen LogP contribution >= 0.6 is 11.8 Å². The Morgan fingerprint density at radius 3 is 2.45 bits per heavy atom. The van der Waals surface area contributed by atoms with Crippen molar-refractivity contribution < 1.29 is 9.13 Å². The second-order valence-electron chi connectivity index (χ2n) is 6.74. The zero-order valence-corrected chi connectivity index (χ0v) is 16.8. The number of methoxy groups -OCH3 is 1. The molecule has 4 rings (SSSR count). The van der Waals surface area contributed by atoms with Crippen LogP contribution in [0.25, 0.3) is 10.8 Å². The maximum absolute atomic E-state index is 14.5. The van der Waals surface area contributed by atoms with Gasteiger partial charge < -0.3 is 9.30 Å². The van der Waals surface area contributed by atoms with E-state index < -0.39 is 0 Å². The van der Waals surface area contributed by atoms with E-state index >= 15 is 0 Å². The number of benzene rings is 3. The first-order valence-electron chi connectivity index (χ1n) is 9.26. The van der Waals surface area contributed by atoms with E-state index in [9.17, 15) is 9.18 Å². The summed E-state index contributed by atoms with van der Waals surface area (Å²) in [6.07, 6.45) is 1.71. The van der Waals surface area contributed by atoms with E-state index in [0.29, 0.717) is 28.0 Å². The van der Waals surface area contributed by atoms with Crippen LogP contribution in [0, 0.1) is 5.82 Å². The summed E-state index contributed by atoms with van der Waals surface area (Å²) in [5.41, 5.74) is 1.98. The number of hydrogen-bond donors (Lipinski definition) is 0. The molecule has 5 heteroatoms. The molecule has 0 amide bonds. The molecule has 1 heterocycles. The standard InChI is InChI=1S/C24H20FNO2S/c1-28-20-9-7-17(8-10-20)15-26-12-11-19-13-22(25)23(14-21(19)24(26)27)29-16-18-5-3-2-4-6-18/h2-14H,15-16H2,1H3. The molecule has 0 N–H and O–H groups in total. The fourth-order valence-electron chi connectivity index (χ4n) is 3.18. The monoisotopic (exact) mass is 405 g/mol. The summed E-state index contributed by atoms with van der Waals surface area (Å²) in [7, 11) is 1.62. The van der Waals surface area contributed by atoms with Gasteiger partial charge in [0, 0.05) is 22.2 Å². The second-order valence-corrected chi connectivity index (χ2v) is 7.76. The lowest BCUT2D eigenvalue weighted by Gasteiger charge is -2.10. The van der Waals surface area contributed by atoms with Gasteiger partial charge in [0.25, 0.3) is 5.56 Å². The van der Waals surface area contributed by atoms with Gasteiger partial charge >= 0.3 is 0 Å². The zero-order valence-electron chi connectivity index (χ0n) is 16.0. The first kappa shape index (κ1) is 19.3. The van der Waals surface area contributed by atoms with Gasteiger partial charge in [-0.3, -0.25) is 4.79 Å². The largest absolute Gasteiger partial charge is 0.497 e. The predicted octanol–water partition coefficient (Wildman–Crippen LogP) is 5.49. The molecular weight excluding hydrogens is 385 g/mol. The Balaban J connectivity index is 1.63. The minimum absolute atomic E-state index is 0.125. The van der Waals surface area contributed by atoms with Gasteiger partial charge in [-0.1, -0.05) is 42.5 Å². The maximum atomic E-state index is 14.5. The van der Waals surface area contributed by atoms with E-state index in [2.05, 4.69) is 0 Å². The van der Waals surface area contributed by atoms with Gasteiger partial charge in [-0.05, 0) is 46.8 Å². The number of halogens is 1. The average molecular weight is 405 g/mol. The normalized spacial score (nSPS) is 11.0. The van der Waals surface area contributed by atoms with Crippen molar-refractivity contribution in [1.82, 2.24) is 4.57 Å². The maximum Gasteiger partial charge on any atom is 0.258 e.